The van der Waals surface area contributed by atoms with Crippen LogP contribution < -0.4 is 10.5 Å². The van der Waals surface area contributed by atoms with Crippen LogP contribution >= 0.6 is 0 Å². The van der Waals surface area contributed by atoms with Gasteiger partial charge in [0.1, 0.15) is 4.90 Å². The number of benzene rings is 1. The number of nitrogens with one attached hydrogen (secondary N) is 1. The Morgan fingerprint density at radius 1 is 1.52 bits per heavy atom. The number of hydrogen-bond acceptors (Lipinski definition) is 6. The van der Waals surface area contributed by atoms with Crippen LogP contribution in [0.25, 0.3) is 0 Å². The Kier molecular flexibility index (Phi) is 5.36. The average molecular weight is 339 g/mol. The molecule has 8 nitrogen and oxygen atoms in total. The molecule has 2 unspecified atom stereocenters. The van der Waals surface area contributed by atoms with Crippen molar-refractivity contribution in [2.75, 3.05) is 18.5 Å². The van der Waals surface area contributed by atoms with Crippen molar-refractivity contribution >= 4 is 32.2 Å². The summed E-state index contributed by atoms with van der Waals surface area (Å²) in [5.74, 6) is -1.32. The van der Waals surface area contributed by atoms with E-state index in [9.17, 15) is 27.1 Å². The molecule has 2 atom stereocenters. The number of anilines is 1. The average Bonchev–Trinajstić information content (AvgIpc) is 2.34. The lowest BCUT2D eigenvalue weighted by atomic mass is 10.3. The lowest BCUT2D eigenvalue weighted by Gasteiger charge is -2.12. The Labute approximate surface area is 123 Å². The standard InChI is InChI=1S/C10H14FN3O5S2/c1-6(20(2)17)5-13-21(18,19)10-8(11)3-7(14(15)16)4-9(10)12/h3-4,6,13H,5,12H2,1-2H3. The van der Waals surface area contributed by atoms with Crippen LogP contribution in [-0.2, 0) is 20.8 Å². The van der Waals surface area contributed by atoms with Gasteiger partial charge in [-0.2, -0.15) is 0 Å². The van der Waals surface area contributed by atoms with Gasteiger partial charge in [-0.25, -0.2) is 17.5 Å². The fourth-order valence-electron chi connectivity index (χ4n) is 1.41. The number of hydrogen-bond donors (Lipinski definition) is 2. The van der Waals surface area contributed by atoms with E-state index in [1.807, 2.05) is 0 Å². The molecule has 0 aliphatic heterocycles. The highest BCUT2D eigenvalue weighted by atomic mass is 32.2. The molecule has 0 aromatic heterocycles. The smallest absolute Gasteiger partial charge is 0.274 e. The Hall–Kier alpha value is -1.59. The molecule has 0 bridgehead atoms. The van der Waals surface area contributed by atoms with E-state index in [1.54, 1.807) is 6.92 Å². The van der Waals surface area contributed by atoms with Crippen LogP contribution in [0.5, 0.6) is 0 Å². The summed E-state index contributed by atoms with van der Waals surface area (Å²) in [6, 6.07) is 1.24. The fourth-order valence-corrected chi connectivity index (χ4v) is 3.13. The summed E-state index contributed by atoms with van der Waals surface area (Å²) in [6.45, 7) is 1.37. The normalized spacial score (nSPS) is 14.6. The lowest BCUT2D eigenvalue weighted by Crippen LogP contribution is -2.33. The predicted octanol–water partition coefficient (Wildman–Crippen LogP) is 0.361. The van der Waals surface area contributed by atoms with Crippen molar-refractivity contribution in [3.05, 3.63) is 28.1 Å². The maximum Gasteiger partial charge on any atom is 0.274 e. The highest BCUT2D eigenvalue weighted by Gasteiger charge is 2.26. The van der Waals surface area contributed by atoms with Crippen LogP contribution in [0.2, 0.25) is 0 Å². The third-order valence-corrected chi connectivity index (χ3v) is 5.48. The molecule has 0 radical (unpaired) electrons. The molecule has 21 heavy (non-hydrogen) atoms. The molecule has 3 N–H and O–H groups in total. The zero-order chi connectivity index (χ0) is 16.4. The van der Waals surface area contributed by atoms with E-state index in [0.29, 0.717) is 6.07 Å². The summed E-state index contributed by atoms with van der Waals surface area (Å²) in [4.78, 5) is 8.80. The second-order valence-corrected chi connectivity index (χ2v) is 7.77. The molecule has 0 heterocycles. The van der Waals surface area contributed by atoms with Crippen molar-refractivity contribution in [2.24, 2.45) is 0 Å². The molecule has 0 aliphatic carbocycles. The van der Waals surface area contributed by atoms with Gasteiger partial charge >= 0.3 is 0 Å². The fraction of sp³-hybridized carbons (Fsp3) is 0.400. The van der Waals surface area contributed by atoms with Crippen molar-refractivity contribution in [1.29, 1.82) is 0 Å². The lowest BCUT2D eigenvalue weighted by molar-refractivity contribution is -0.385. The number of rotatable bonds is 6. The summed E-state index contributed by atoms with van der Waals surface area (Å²) >= 11 is 0. The molecular formula is C10H14FN3O5S2. The van der Waals surface area contributed by atoms with Gasteiger partial charge in [-0.3, -0.25) is 14.3 Å². The zero-order valence-electron chi connectivity index (χ0n) is 11.2. The highest BCUT2D eigenvalue weighted by molar-refractivity contribution is 7.89. The van der Waals surface area contributed by atoms with Crippen LogP contribution in [0.15, 0.2) is 17.0 Å². The first-order valence-electron chi connectivity index (χ1n) is 5.61. The summed E-state index contributed by atoms with van der Waals surface area (Å²) in [5.41, 5.74) is 4.17. The minimum atomic E-state index is -4.30. The Balaban J connectivity index is 3.15. The van der Waals surface area contributed by atoms with Crippen molar-refractivity contribution in [3.8, 4) is 0 Å². The van der Waals surface area contributed by atoms with Crippen LogP contribution in [0.4, 0.5) is 15.8 Å². The van der Waals surface area contributed by atoms with Gasteiger partial charge < -0.3 is 5.73 Å². The van der Waals surface area contributed by atoms with Gasteiger partial charge in [0.25, 0.3) is 5.69 Å². The van der Waals surface area contributed by atoms with Crippen molar-refractivity contribution < 1.29 is 21.9 Å². The molecule has 0 amide bonds. The van der Waals surface area contributed by atoms with Gasteiger partial charge in [0.15, 0.2) is 5.82 Å². The molecule has 1 aromatic rings. The number of non-ortho nitro benzene ring substituents is 1. The number of halogens is 1. The largest absolute Gasteiger partial charge is 0.397 e. The van der Waals surface area contributed by atoms with Crippen LogP contribution in [0, 0.1) is 15.9 Å². The molecular weight excluding hydrogens is 325 g/mol. The minimum Gasteiger partial charge on any atom is -0.397 e. The molecule has 0 saturated carbocycles. The number of nitrogens with zero attached hydrogens (tertiary/aromatic N) is 1. The summed E-state index contributed by atoms with van der Waals surface area (Å²) in [7, 11) is -5.56. The first-order valence-corrected chi connectivity index (χ1v) is 8.72. The number of sulfonamides is 1. The maximum atomic E-state index is 13.8. The molecule has 0 aliphatic rings. The van der Waals surface area contributed by atoms with Gasteiger partial charge in [0, 0.05) is 34.9 Å². The molecule has 0 saturated heterocycles. The van der Waals surface area contributed by atoms with Gasteiger partial charge in [-0.1, -0.05) is 0 Å². The van der Waals surface area contributed by atoms with E-state index >= 15 is 0 Å². The first kappa shape index (κ1) is 17.5. The quantitative estimate of drug-likeness (QED) is 0.437. The topological polar surface area (TPSA) is 132 Å². The van der Waals surface area contributed by atoms with Gasteiger partial charge in [-0.05, 0) is 6.92 Å². The van der Waals surface area contributed by atoms with Crippen molar-refractivity contribution in [2.45, 2.75) is 17.1 Å². The van der Waals surface area contributed by atoms with Crippen molar-refractivity contribution in [1.82, 2.24) is 4.72 Å². The van der Waals surface area contributed by atoms with Crippen LogP contribution in [0.1, 0.15) is 6.92 Å². The number of nitrogens with two attached hydrogens (primary N) is 1. The second kappa shape index (κ2) is 6.45. The number of nitrogen functional groups attached to an aromatic ring is 1. The molecule has 0 fully saturated rings. The highest BCUT2D eigenvalue weighted by Crippen LogP contribution is 2.27. The molecule has 118 valence electrons. The monoisotopic (exact) mass is 339 g/mol. The third-order valence-electron chi connectivity index (χ3n) is 2.66. The maximum absolute atomic E-state index is 13.8. The molecule has 11 heteroatoms. The molecule has 0 spiro atoms. The SMILES string of the molecule is CC(CNS(=O)(=O)c1c(N)cc([N+](=O)[O-])cc1F)S(C)=O. The van der Waals surface area contributed by atoms with E-state index in [1.165, 1.54) is 6.26 Å². The third kappa shape index (κ3) is 4.19. The van der Waals surface area contributed by atoms with E-state index in [2.05, 4.69) is 4.72 Å². The van der Waals surface area contributed by atoms with Crippen molar-refractivity contribution in [3.63, 3.8) is 0 Å². The zero-order valence-corrected chi connectivity index (χ0v) is 12.8. The molecule has 1 aromatic carbocycles. The molecule has 1 rings (SSSR count). The second-order valence-electron chi connectivity index (χ2n) is 4.26. The van der Waals surface area contributed by atoms with Gasteiger partial charge in [0.05, 0.1) is 16.7 Å². The van der Waals surface area contributed by atoms with Crippen LogP contribution in [-0.4, -0.2) is 35.6 Å². The Morgan fingerprint density at radius 3 is 2.52 bits per heavy atom. The number of nitro groups is 1. The number of nitro benzene ring substituents is 1. The predicted molar refractivity (Wildman–Crippen MR) is 76.2 cm³/mol. The Bertz CT molecular complexity index is 669. The summed E-state index contributed by atoms with van der Waals surface area (Å²) < 4.78 is 51.0. The van der Waals surface area contributed by atoms with E-state index in [0.717, 1.165) is 6.07 Å². The first-order chi connectivity index (χ1) is 9.56. The minimum absolute atomic E-state index is 0.179. The van der Waals surface area contributed by atoms with Gasteiger partial charge in [-0.15, -0.1) is 0 Å². The van der Waals surface area contributed by atoms with E-state index < -0.39 is 53.1 Å². The summed E-state index contributed by atoms with van der Waals surface area (Å²) in [5, 5.41) is 10.1. The van der Waals surface area contributed by atoms with Crippen LogP contribution in [0.3, 0.4) is 0 Å². The van der Waals surface area contributed by atoms with Gasteiger partial charge in [0.2, 0.25) is 10.0 Å². The van der Waals surface area contributed by atoms with E-state index in [4.69, 9.17) is 5.73 Å². The Morgan fingerprint density at radius 2 is 2.10 bits per heavy atom. The van der Waals surface area contributed by atoms with E-state index in [-0.39, 0.29) is 6.54 Å². The summed E-state index contributed by atoms with van der Waals surface area (Å²) in [6.07, 6.45) is 1.40.